The van der Waals surface area contributed by atoms with Crippen LogP contribution >= 0.6 is 34.8 Å². The zero-order valence-corrected chi connectivity index (χ0v) is 14.8. The van der Waals surface area contributed by atoms with Gasteiger partial charge >= 0.3 is 0 Å². The fourth-order valence-corrected chi connectivity index (χ4v) is 4.04. The van der Waals surface area contributed by atoms with Crippen LogP contribution in [0, 0.1) is 5.92 Å². The summed E-state index contributed by atoms with van der Waals surface area (Å²) in [4.78, 5) is 0. The van der Waals surface area contributed by atoms with Crippen LogP contribution in [0.4, 0.5) is 0 Å². The predicted octanol–water partition coefficient (Wildman–Crippen LogP) is 7.03. The molecule has 118 valence electrons. The molecule has 1 saturated carbocycles. The SMILES string of the molecule is CCOc1cc(Cl)c(C(Cl)C2CCCCCCC2)cc1Cl. The van der Waals surface area contributed by atoms with Gasteiger partial charge in [-0.3, -0.25) is 0 Å². The molecule has 4 heteroatoms. The van der Waals surface area contributed by atoms with Crippen LogP contribution in [0.3, 0.4) is 0 Å². The summed E-state index contributed by atoms with van der Waals surface area (Å²) >= 11 is 19.4. The molecule has 0 heterocycles. The molecule has 1 unspecified atom stereocenters. The van der Waals surface area contributed by atoms with E-state index in [-0.39, 0.29) is 5.38 Å². The lowest BCUT2D eigenvalue weighted by Crippen LogP contribution is -2.11. The molecule has 2 rings (SSSR count). The maximum atomic E-state index is 6.73. The highest BCUT2D eigenvalue weighted by Crippen LogP contribution is 2.43. The van der Waals surface area contributed by atoms with Gasteiger partial charge in [0.25, 0.3) is 0 Å². The summed E-state index contributed by atoms with van der Waals surface area (Å²) in [6.45, 7) is 2.50. The predicted molar refractivity (Wildman–Crippen MR) is 92.0 cm³/mol. The third-order valence-corrected chi connectivity index (χ3v) is 5.43. The van der Waals surface area contributed by atoms with Crippen LogP contribution in [-0.4, -0.2) is 6.61 Å². The van der Waals surface area contributed by atoms with Crippen LogP contribution in [0.15, 0.2) is 12.1 Å². The highest BCUT2D eigenvalue weighted by molar-refractivity contribution is 6.35. The van der Waals surface area contributed by atoms with Crippen molar-refractivity contribution < 1.29 is 4.74 Å². The molecule has 0 aliphatic heterocycles. The minimum Gasteiger partial charge on any atom is -0.492 e. The average Bonchev–Trinajstić information content (AvgIpc) is 2.42. The minimum absolute atomic E-state index is 0.0659. The first-order chi connectivity index (χ1) is 10.1. The highest BCUT2D eigenvalue weighted by atomic mass is 35.5. The lowest BCUT2D eigenvalue weighted by molar-refractivity contribution is 0.340. The second-order valence-corrected chi connectivity index (χ2v) is 7.03. The maximum absolute atomic E-state index is 6.73. The Morgan fingerprint density at radius 3 is 2.29 bits per heavy atom. The Hall–Kier alpha value is -0.110. The molecule has 21 heavy (non-hydrogen) atoms. The van der Waals surface area contributed by atoms with Crippen LogP contribution in [0.5, 0.6) is 5.75 Å². The van der Waals surface area contributed by atoms with Crippen LogP contribution in [0.25, 0.3) is 0 Å². The van der Waals surface area contributed by atoms with E-state index in [1.807, 2.05) is 13.0 Å². The summed E-state index contributed by atoms with van der Waals surface area (Å²) in [6, 6.07) is 3.67. The number of hydrogen-bond donors (Lipinski definition) is 0. The molecule has 0 aromatic heterocycles. The Morgan fingerprint density at radius 2 is 1.67 bits per heavy atom. The molecular weight excluding hydrogens is 327 g/mol. The summed E-state index contributed by atoms with van der Waals surface area (Å²) in [7, 11) is 0. The Balaban J connectivity index is 2.17. The zero-order chi connectivity index (χ0) is 15.2. The third-order valence-electron chi connectivity index (χ3n) is 4.21. The van der Waals surface area contributed by atoms with Gasteiger partial charge in [-0.05, 0) is 37.3 Å². The number of ether oxygens (including phenoxy) is 1. The summed E-state index contributed by atoms with van der Waals surface area (Å²) < 4.78 is 5.47. The van der Waals surface area contributed by atoms with Crippen LogP contribution in [0.2, 0.25) is 10.0 Å². The van der Waals surface area contributed by atoms with Gasteiger partial charge in [-0.15, -0.1) is 11.6 Å². The molecule has 1 fully saturated rings. The quantitative estimate of drug-likeness (QED) is 0.530. The molecule has 0 saturated heterocycles. The standard InChI is InChI=1S/C17H23Cl3O/c1-2-21-16-11-14(18)13(10-15(16)19)17(20)12-8-6-4-3-5-7-9-12/h10-12,17H,2-9H2,1H3. The second-order valence-electron chi connectivity index (χ2n) is 5.74. The molecule has 0 spiro atoms. The lowest BCUT2D eigenvalue weighted by Gasteiger charge is -2.25. The number of halogens is 3. The summed E-state index contributed by atoms with van der Waals surface area (Å²) in [5.41, 5.74) is 0.942. The van der Waals surface area contributed by atoms with E-state index in [0.717, 1.165) is 5.56 Å². The van der Waals surface area contributed by atoms with E-state index in [9.17, 15) is 0 Å². The molecule has 1 atom stereocenters. The van der Waals surface area contributed by atoms with Gasteiger partial charge in [-0.1, -0.05) is 55.3 Å². The van der Waals surface area contributed by atoms with E-state index in [2.05, 4.69) is 0 Å². The highest BCUT2D eigenvalue weighted by Gasteiger charge is 2.24. The fourth-order valence-electron chi connectivity index (χ4n) is 3.06. The van der Waals surface area contributed by atoms with Crippen molar-refractivity contribution in [3.8, 4) is 5.75 Å². The summed E-state index contributed by atoms with van der Waals surface area (Å²) in [5.74, 6) is 1.12. The van der Waals surface area contributed by atoms with Crippen molar-refractivity contribution >= 4 is 34.8 Å². The molecule has 0 radical (unpaired) electrons. The zero-order valence-electron chi connectivity index (χ0n) is 12.5. The van der Waals surface area contributed by atoms with Gasteiger partial charge in [0.05, 0.1) is 17.0 Å². The molecule has 1 aromatic carbocycles. The van der Waals surface area contributed by atoms with E-state index in [0.29, 0.717) is 28.3 Å². The van der Waals surface area contributed by atoms with Gasteiger partial charge in [0.1, 0.15) is 5.75 Å². The molecule has 1 aliphatic carbocycles. The van der Waals surface area contributed by atoms with Gasteiger partial charge in [-0.2, -0.15) is 0 Å². The average molecular weight is 350 g/mol. The number of alkyl halides is 1. The molecule has 0 N–H and O–H groups in total. The first-order valence-corrected chi connectivity index (χ1v) is 9.08. The van der Waals surface area contributed by atoms with Crippen molar-refractivity contribution in [1.29, 1.82) is 0 Å². The number of benzene rings is 1. The topological polar surface area (TPSA) is 9.23 Å². The van der Waals surface area contributed by atoms with Crippen molar-refractivity contribution in [1.82, 2.24) is 0 Å². The normalized spacial score (nSPS) is 18.9. The van der Waals surface area contributed by atoms with Gasteiger partial charge in [0, 0.05) is 11.1 Å². The summed E-state index contributed by atoms with van der Waals surface area (Å²) in [5, 5.41) is 1.18. The lowest BCUT2D eigenvalue weighted by atomic mass is 9.86. The van der Waals surface area contributed by atoms with E-state index < -0.39 is 0 Å². The van der Waals surface area contributed by atoms with Gasteiger partial charge < -0.3 is 4.74 Å². The molecule has 0 amide bonds. The second kappa shape index (κ2) is 8.50. The van der Waals surface area contributed by atoms with E-state index in [4.69, 9.17) is 39.5 Å². The van der Waals surface area contributed by atoms with Crippen molar-refractivity contribution in [3.05, 3.63) is 27.7 Å². The molecule has 0 bridgehead atoms. The molecule has 1 aromatic rings. The van der Waals surface area contributed by atoms with Crippen LogP contribution < -0.4 is 4.74 Å². The molecule has 1 nitrogen and oxygen atoms in total. The molecule has 1 aliphatic rings. The van der Waals surface area contributed by atoms with E-state index in [1.165, 1.54) is 44.9 Å². The number of rotatable bonds is 4. The third kappa shape index (κ3) is 4.68. The first kappa shape index (κ1) is 17.2. The Bertz CT molecular complexity index is 454. The van der Waals surface area contributed by atoms with Gasteiger partial charge in [0.15, 0.2) is 0 Å². The number of hydrogen-bond acceptors (Lipinski definition) is 1. The van der Waals surface area contributed by atoms with Crippen molar-refractivity contribution in [2.45, 2.75) is 57.2 Å². The van der Waals surface area contributed by atoms with E-state index in [1.54, 1.807) is 6.07 Å². The maximum Gasteiger partial charge on any atom is 0.139 e. The monoisotopic (exact) mass is 348 g/mol. The first-order valence-electron chi connectivity index (χ1n) is 7.89. The van der Waals surface area contributed by atoms with Gasteiger partial charge in [-0.25, -0.2) is 0 Å². The fraction of sp³-hybridized carbons (Fsp3) is 0.647. The Morgan fingerprint density at radius 1 is 1.05 bits per heavy atom. The largest absolute Gasteiger partial charge is 0.492 e. The van der Waals surface area contributed by atoms with Gasteiger partial charge in [0.2, 0.25) is 0 Å². The Kier molecular flexibility index (Phi) is 6.98. The molecular formula is C17H23Cl3O. The van der Waals surface area contributed by atoms with Crippen molar-refractivity contribution in [3.63, 3.8) is 0 Å². The Labute approximate surface area is 142 Å². The van der Waals surface area contributed by atoms with Crippen molar-refractivity contribution in [2.75, 3.05) is 6.61 Å². The van der Waals surface area contributed by atoms with Crippen LogP contribution in [0.1, 0.15) is 62.8 Å². The van der Waals surface area contributed by atoms with E-state index >= 15 is 0 Å². The minimum atomic E-state index is -0.0659. The summed E-state index contributed by atoms with van der Waals surface area (Å²) in [6.07, 6.45) is 8.86. The van der Waals surface area contributed by atoms with Crippen LogP contribution in [-0.2, 0) is 0 Å². The van der Waals surface area contributed by atoms with Crippen molar-refractivity contribution in [2.24, 2.45) is 5.92 Å². The smallest absolute Gasteiger partial charge is 0.139 e.